The number of carbonyl (C=O) groups excluding carboxylic acids is 1. The molecule has 0 fully saturated rings. The topological polar surface area (TPSA) is 101 Å². The van der Waals surface area contributed by atoms with Crippen LogP contribution in [0.25, 0.3) is 0 Å². The van der Waals surface area contributed by atoms with Crippen LogP contribution in [0, 0.1) is 6.92 Å². The highest BCUT2D eigenvalue weighted by atomic mass is 32.2. The molecule has 1 heterocycles. The zero-order chi connectivity index (χ0) is 15.3. The Bertz CT molecular complexity index is 694. The molecule has 7 nitrogen and oxygen atoms in total. The van der Waals surface area contributed by atoms with Crippen molar-refractivity contribution in [3.8, 4) is 0 Å². The average Bonchev–Trinajstić information content (AvgIpc) is 2.92. The van der Waals surface area contributed by atoms with Gasteiger partial charge in [0, 0.05) is 13.0 Å². The maximum atomic E-state index is 11.9. The monoisotopic (exact) mass is 309 g/mol. The summed E-state index contributed by atoms with van der Waals surface area (Å²) in [6, 6.07) is 5.44. The van der Waals surface area contributed by atoms with Crippen LogP contribution in [-0.2, 0) is 16.4 Å². The largest absolute Gasteiger partial charge is 0.451 e. The molecular weight excluding hydrogens is 294 g/mol. The summed E-state index contributed by atoms with van der Waals surface area (Å²) in [4.78, 5) is 15.5. The van der Waals surface area contributed by atoms with Crippen molar-refractivity contribution in [1.82, 2.24) is 15.0 Å². The van der Waals surface area contributed by atoms with E-state index < -0.39 is 16.1 Å². The lowest BCUT2D eigenvalue weighted by molar-refractivity contribution is 0.246. The second-order valence-electron chi connectivity index (χ2n) is 4.40. The molecule has 2 aromatic rings. The van der Waals surface area contributed by atoms with E-state index in [1.54, 1.807) is 12.1 Å². The van der Waals surface area contributed by atoms with Gasteiger partial charge >= 0.3 is 6.03 Å². The summed E-state index contributed by atoms with van der Waals surface area (Å²) in [5, 5.41) is 2.45. The van der Waals surface area contributed by atoms with Crippen molar-refractivity contribution in [3.05, 3.63) is 48.2 Å². The molecule has 0 spiro atoms. The maximum absolute atomic E-state index is 11.9. The Balaban J connectivity index is 1.87. The first-order valence-corrected chi connectivity index (χ1v) is 7.70. The Kier molecular flexibility index (Phi) is 4.59. The minimum Gasteiger partial charge on any atom is -0.451 e. The third-order valence-corrected chi connectivity index (χ3v) is 4.06. The quantitative estimate of drug-likeness (QED) is 0.864. The van der Waals surface area contributed by atoms with E-state index in [-0.39, 0.29) is 11.4 Å². The second kappa shape index (κ2) is 6.40. The normalized spacial score (nSPS) is 11.1. The van der Waals surface area contributed by atoms with Crippen LogP contribution in [0.5, 0.6) is 0 Å². The van der Waals surface area contributed by atoms with Crippen molar-refractivity contribution in [1.29, 1.82) is 0 Å². The van der Waals surface area contributed by atoms with Crippen molar-refractivity contribution >= 4 is 16.1 Å². The molecule has 1 aromatic carbocycles. The van der Waals surface area contributed by atoms with Crippen LogP contribution in [0.4, 0.5) is 4.79 Å². The Morgan fingerprint density at radius 3 is 2.62 bits per heavy atom. The Morgan fingerprint density at radius 1 is 1.29 bits per heavy atom. The number of benzene rings is 1. The number of oxazole rings is 1. The molecule has 0 unspecified atom stereocenters. The number of aryl methyl sites for hydroxylation is 1. The van der Waals surface area contributed by atoms with Crippen LogP contribution >= 0.6 is 0 Å². The highest BCUT2D eigenvalue weighted by molar-refractivity contribution is 7.90. The fourth-order valence-electron chi connectivity index (χ4n) is 1.60. The number of sulfonamides is 1. The number of carbonyl (C=O) groups is 1. The molecule has 2 rings (SSSR count). The Labute approximate surface area is 122 Å². The summed E-state index contributed by atoms with van der Waals surface area (Å²) in [5.74, 6) is 0. The van der Waals surface area contributed by atoms with Gasteiger partial charge in [-0.25, -0.2) is 22.9 Å². The van der Waals surface area contributed by atoms with E-state index in [4.69, 9.17) is 4.42 Å². The van der Waals surface area contributed by atoms with Gasteiger partial charge in [-0.2, -0.15) is 0 Å². The first-order valence-electron chi connectivity index (χ1n) is 6.22. The Morgan fingerprint density at radius 2 is 2.00 bits per heavy atom. The summed E-state index contributed by atoms with van der Waals surface area (Å²) in [7, 11) is -3.86. The smallest absolute Gasteiger partial charge is 0.328 e. The molecule has 0 saturated heterocycles. The van der Waals surface area contributed by atoms with Crippen LogP contribution in [0.2, 0.25) is 0 Å². The van der Waals surface area contributed by atoms with E-state index in [1.165, 1.54) is 24.8 Å². The van der Waals surface area contributed by atoms with Crippen molar-refractivity contribution in [3.63, 3.8) is 0 Å². The lowest BCUT2D eigenvalue weighted by Crippen LogP contribution is -2.40. The molecule has 0 aliphatic rings. The number of urea groups is 1. The van der Waals surface area contributed by atoms with Crippen LogP contribution < -0.4 is 10.0 Å². The lowest BCUT2D eigenvalue weighted by atomic mass is 10.2. The molecule has 2 amide bonds. The SMILES string of the molecule is Cc1ccc(S(=O)(=O)NC(=O)NCCc2cocn2)cc1. The predicted octanol–water partition coefficient (Wildman–Crippen LogP) is 1.21. The molecular formula is C13H15N3O4S. The van der Waals surface area contributed by atoms with E-state index >= 15 is 0 Å². The zero-order valence-corrected chi connectivity index (χ0v) is 12.2. The third-order valence-electron chi connectivity index (χ3n) is 2.71. The lowest BCUT2D eigenvalue weighted by Gasteiger charge is -2.08. The van der Waals surface area contributed by atoms with Gasteiger partial charge in [0.1, 0.15) is 6.26 Å². The third kappa shape index (κ3) is 4.32. The number of hydrogen-bond acceptors (Lipinski definition) is 5. The van der Waals surface area contributed by atoms with Crippen LogP contribution in [0.1, 0.15) is 11.3 Å². The van der Waals surface area contributed by atoms with Gasteiger partial charge in [0.05, 0.1) is 10.6 Å². The minimum atomic E-state index is -3.86. The van der Waals surface area contributed by atoms with Crippen LogP contribution in [0.3, 0.4) is 0 Å². The average molecular weight is 309 g/mol. The summed E-state index contributed by atoms with van der Waals surface area (Å²) < 4.78 is 30.6. The highest BCUT2D eigenvalue weighted by Crippen LogP contribution is 2.09. The number of amides is 2. The highest BCUT2D eigenvalue weighted by Gasteiger charge is 2.16. The van der Waals surface area contributed by atoms with Crippen LogP contribution in [0.15, 0.2) is 46.2 Å². The van der Waals surface area contributed by atoms with Gasteiger partial charge in [-0.15, -0.1) is 0 Å². The number of nitrogens with zero attached hydrogens (tertiary/aromatic N) is 1. The molecule has 0 bridgehead atoms. The molecule has 1 aromatic heterocycles. The standard InChI is InChI=1S/C13H15N3O4S/c1-10-2-4-12(5-3-10)21(18,19)16-13(17)14-7-6-11-8-20-9-15-11/h2-5,8-9H,6-7H2,1H3,(H2,14,16,17). The van der Waals surface area contributed by atoms with E-state index in [1.807, 2.05) is 11.6 Å². The predicted molar refractivity (Wildman–Crippen MR) is 75.1 cm³/mol. The second-order valence-corrected chi connectivity index (χ2v) is 6.09. The van der Waals surface area contributed by atoms with Gasteiger partial charge in [0.15, 0.2) is 6.39 Å². The molecule has 0 radical (unpaired) electrons. The van der Waals surface area contributed by atoms with E-state index in [0.29, 0.717) is 12.1 Å². The van der Waals surface area contributed by atoms with Gasteiger partial charge in [0.25, 0.3) is 10.0 Å². The van der Waals surface area contributed by atoms with Crippen molar-refractivity contribution in [2.45, 2.75) is 18.2 Å². The number of nitrogens with one attached hydrogen (secondary N) is 2. The first kappa shape index (κ1) is 15.0. The van der Waals surface area contributed by atoms with Gasteiger partial charge in [0.2, 0.25) is 0 Å². The summed E-state index contributed by atoms with van der Waals surface area (Å²) in [6.07, 6.45) is 3.20. The summed E-state index contributed by atoms with van der Waals surface area (Å²) >= 11 is 0. The maximum Gasteiger partial charge on any atom is 0.328 e. The Hall–Kier alpha value is -2.35. The number of hydrogen-bond donors (Lipinski definition) is 2. The summed E-state index contributed by atoms with van der Waals surface area (Å²) in [5.41, 5.74) is 1.61. The molecule has 0 aliphatic heterocycles. The van der Waals surface area contributed by atoms with E-state index in [9.17, 15) is 13.2 Å². The van der Waals surface area contributed by atoms with Gasteiger partial charge < -0.3 is 9.73 Å². The van der Waals surface area contributed by atoms with Gasteiger partial charge in [-0.1, -0.05) is 17.7 Å². The fourth-order valence-corrected chi connectivity index (χ4v) is 2.53. The molecule has 0 saturated carbocycles. The minimum absolute atomic E-state index is 0.0414. The molecule has 2 N–H and O–H groups in total. The zero-order valence-electron chi connectivity index (χ0n) is 11.4. The number of aromatic nitrogens is 1. The first-order chi connectivity index (χ1) is 9.97. The van der Waals surface area contributed by atoms with Crippen LogP contribution in [-0.4, -0.2) is 26.0 Å². The molecule has 8 heteroatoms. The van der Waals surface area contributed by atoms with E-state index in [0.717, 1.165) is 5.56 Å². The molecule has 112 valence electrons. The van der Waals surface area contributed by atoms with Crippen molar-refractivity contribution < 1.29 is 17.6 Å². The van der Waals surface area contributed by atoms with Crippen molar-refractivity contribution in [2.75, 3.05) is 6.54 Å². The summed E-state index contributed by atoms with van der Waals surface area (Å²) in [6.45, 7) is 2.10. The van der Waals surface area contributed by atoms with Gasteiger partial charge in [-0.3, -0.25) is 0 Å². The van der Waals surface area contributed by atoms with E-state index in [2.05, 4.69) is 10.3 Å². The fraction of sp³-hybridized carbons (Fsp3) is 0.231. The number of rotatable bonds is 5. The molecule has 0 aliphatic carbocycles. The van der Waals surface area contributed by atoms with Gasteiger partial charge in [-0.05, 0) is 19.1 Å². The molecule has 0 atom stereocenters. The molecule has 21 heavy (non-hydrogen) atoms. The van der Waals surface area contributed by atoms with Crippen molar-refractivity contribution in [2.24, 2.45) is 0 Å².